The van der Waals surface area contributed by atoms with Crippen molar-refractivity contribution >= 4 is 34.8 Å². The van der Waals surface area contributed by atoms with Crippen LogP contribution in [0.3, 0.4) is 0 Å². The van der Waals surface area contributed by atoms with Gasteiger partial charge in [0.2, 0.25) is 22.1 Å². The molecule has 0 fully saturated rings. The number of para-hydroxylation sites is 2. The van der Waals surface area contributed by atoms with Crippen molar-refractivity contribution in [3.05, 3.63) is 109 Å². The van der Waals surface area contributed by atoms with Gasteiger partial charge in [0.1, 0.15) is 6.54 Å². The maximum atomic E-state index is 12.9. The summed E-state index contributed by atoms with van der Waals surface area (Å²) in [6.45, 7) is 5.69. The van der Waals surface area contributed by atoms with Crippen molar-refractivity contribution < 1.29 is 4.57 Å². The maximum Gasteiger partial charge on any atom is 0.212 e. The molecule has 0 spiro atoms. The van der Waals surface area contributed by atoms with Crippen LogP contribution in [-0.4, -0.2) is 12.6 Å². The lowest BCUT2D eigenvalue weighted by Gasteiger charge is -2.33. The number of aromatic nitrogens is 1. The second-order valence-electron chi connectivity index (χ2n) is 8.05. The second-order valence-corrected chi connectivity index (χ2v) is 8.05. The van der Waals surface area contributed by atoms with Gasteiger partial charge in [-0.15, -0.1) is 0 Å². The zero-order chi connectivity index (χ0) is 22.2. The van der Waals surface area contributed by atoms with Gasteiger partial charge < -0.3 is 4.90 Å². The lowest BCUT2D eigenvalue weighted by molar-refractivity contribution is -0.669. The van der Waals surface area contributed by atoms with Crippen molar-refractivity contribution in [2.24, 2.45) is 0 Å². The molecule has 4 nitrogen and oxygen atoms in total. The summed E-state index contributed by atoms with van der Waals surface area (Å²) in [6, 6.07) is 20.2. The highest BCUT2D eigenvalue weighted by atomic mass is 16.1. The number of fused-ring (bicyclic) bond motifs is 2. The van der Waals surface area contributed by atoms with Gasteiger partial charge in [-0.05, 0) is 43.7 Å². The Labute approximate surface area is 186 Å². The fourth-order valence-electron chi connectivity index (χ4n) is 4.68. The van der Waals surface area contributed by atoms with Crippen molar-refractivity contribution in [3.63, 3.8) is 0 Å². The Morgan fingerprint density at radius 1 is 0.906 bits per heavy atom. The SMILES string of the molecule is CCN1c2ccccc2C=CC1C=c1c(=O)c(=Cc2ccc3ccccc3[n+]2CC)c1=O. The third-order valence-corrected chi connectivity index (χ3v) is 6.32. The average molecular weight is 422 g/mol. The summed E-state index contributed by atoms with van der Waals surface area (Å²) in [5, 5.41) is 1.68. The van der Waals surface area contributed by atoms with E-state index in [0.29, 0.717) is 0 Å². The largest absolute Gasteiger partial charge is 0.361 e. The molecule has 0 bridgehead atoms. The smallest absolute Gasteiger partial charge is 0.212 e. The van der Waals surface area contributed by atoms with Crippen LogP contribution in [0.15, 0.2) is 76.3 Å². The van der Waals surface area contributed by atoms with Crippen molar-refractivity contribution in [2.45, 2.75) is 26.4 Å². The molecule has 1 aromatic heterocycles. The molecule has 0 N–H and O–H groups in total. The highest BCUT2D eigenvalue weighted by Gasteiger charge is 2.21. The fourth-order valence-corrected chi connectivity index (χ4v) is 4.68. The highest BCUT2D eigenvalue weighted by Crippen LogP contribution is 2.28. The molecule has 158 valence electrons. The van der Waals surface area contributed by atoms with E-state index in [1.54, 1.807) is 6.08 Å². The van der Waals surface area contributed by atoms with Crippen LogP contribution in [0.5, 0.6) is 0 Å². The van der Waals surface area contributed by atoms with Gasteiger partial charge >= 0.3 is 0 Å². The van der Waals surface area contributed by atoms with Gasteiger partial charge in [0.15, 0.2) is 0 Å². The van der Waals surface area contributed by atoms with Crippen molar-refractivity contribution in [1.82, 2.24) is 0 Å². The summed E-state index contributed by atoms with van der Waals surface area (Å²) in [7, 11) is 0. The normalized spacial score (nSPS) is 15.2. The first kappa shape index (κ1) is 20.1. The number of anilines is 1. The van der Waals surface area contributed by atoms with Crippen molar-refractivity contribution in [1.29, 1.82) is 0 Å². The zero-order valence-corrected chi connectivity index (χ0v) is 18.3. The molecule has 1 atom stereocenters. The molecular weight excluding hydrogens is 396 g/mol. The van der Waals surface area contributed by atoms with E-state index < -0.39 is 0 Å². The Kier molecular flexibility index (Phi) is 5.06. The van der Waals surface area contributed by atoms with Gasteiger partial charge in [-0.25, -0.2) is 0 Å². The molecule has 1 unspecified atom stereocenters. The van der Waals surface area contributed by atoms with Crippen molar-refractivity contribution in [3.8, 4) is 0 Å². The zero-order valence-electron chi connectivity index (χ0n) is 18.3. The molecule has 3 aromatic carbocycles. The number of benzene rings is 2. The molecule has 2 heterocycles. The molecule has 0 aliphatic carbocycles. The molecule has 0 amide bonds. The van der Waals surface area contributed by atoms with Gasteiger partial charge in [-0.3, -0.25) is 9.59 Å². The van der Waals surface area contributed by atoms with E-state index in [1.807, 2.05) is 42.5 Å². The molecular formula is C28H25N2O2+. The van der Waals surface area contributed by atoms with Crippen LogP contribution in [0.25, 0.3) is 29.1 Å². The number of rotatable bonds is 4. The molecule has 32 heavy (non-hydrogen) atoms. The molecule has 4 aromatic rings. The number of aryl methyl sites for hydroxylation is 1. The fraction of sp³-hybridized carbons (Fsp3) is 0.179. The first-order valence-corrected chi connectivity index (χ1v) is 11.1. The molecule has 1 aliphatic heterocycles. The minimum absolute atomic E-state index is 0.111. The monoisotopic (exact) mass is 421 g/mol. The van der Waals surface area contributed by atoms with E-state index in [9.17, 15) is 9.59 Å². The first-order valence-electron chi connectivity index (χ1n) is 11.1. The number of nitrogens with zero attached hydrogens (tertiary/aromatic N) is 2. The Bertz CT molecular complexity index is 1520. The first-order chi connectivity index (χ1) is 15.6. The number of hydrogen-bond acceptors (Lipinski definition) is 3. The molecule has 1 aliphatic rings. The van der Waals surface area contributed by atoms with Crippen molar-refractivity contribution in [2.75, 3.05) is 11.4 Å². The predicted molar refractivity (Wildman–Crippen MR) is 131 cm³/mol. The molecule has 4 heteroatoms. The Morgan fingerprint density at radius 2 is 1.66 bits per heavy atom. The van der Waals surface area contributed by atoms with Crippen LogP contribution in [0.4, 0.5) is 5.69 Å². The number of hydrogen-bond donors (Lipinski definition) is 0. The van der Waals surface area contributed by atoms with Gasteiger partial charge in [-0.2, -0.15) is 4.57 Å². The van der Waals surface area contributed by atoms with Gasteiger partial charge in [0.25, 0.3) is 0 Å². The van der Waals surface area contributed by atoms with Crippen LogP contribution in [-0.2, 0) is 6.54 Å². The summed E-state index contributed by atoms with van der Waals surface area (Å²) >= 11 is 0. The van der Waals surface area contributed by atoms with Gasteiger partial charge in [0.05, 0.1) is 16.5 Å². The lowest BCUT2D eigenvalue weighted by Crippen LogP contribution is -2.65. The quantitative estimate of drug-likeness (QED) is 0.475. The third kappa shape index (κ3) is 3.19. The number of pyridine rings is 1. The van der Waals surface area contributed by atoms with E-state index in [-0.39, 0.29) is 27.3 Å². The van der Waals surface area contributed by atoms with Gasteiger partial charge in [-0.1, -0.05) is 42.5 Å². The standard InChI is InChI=1S/C28H25N2O2/c1-3-29-21(15-13-19-9-5-7-11-25(19)29)17-23-27(31)24(28(23)32)18-22-16-14-20-10-6-8-12-26(20)30(22)4-2/h5-18,21H,3-4H2,1-2H3/q+1. The summed E-state index contributed by atoms with van der Waals surface area (Å²) < 4.78 is 2.13. The molecule has 0 saturated heterocycles. The van der Waals surface area contributed by atoms with E-state index >= 15 is 0 Å². The lowest BCUT2D eigenvalue weighted by atomic mass is 10.0. The van der Waals surface area contributed by atoms with Gasteiger partial charge in [0, 0.05) is 35.8 Å². The summed E-state index contributed by atoms with van der Waals surface area (Å²) in [5.74, 6) is 0. The van der Waals surface area contributed by atoms with E-state index in [2.05, 4.69) is 59.7 Å². The van der Waals surface area contributed by atoms with Crippen LogP contribution in [0.1, 0.15) is 25.1 Å². The summed E-state index contributed by atoms with van der Waals surface area (Å²) in [5.41, 5.74) is 3.88. The summed E-state index contributed by atoms with van der Waals surface area (Å²) in [4.78, 5) is 28.1. The Hall–Kier alpha value is -3.79. The molecule has 5 rings (SSSR count). The maximum absolute atomic E-state index is 12.9. The highest BCUT2D eigenvalue weighted by molar-refractivity contribution is 5.76. The number of likely N-dealkylation sites (N-methyl/N-ethyl adjacent to an activating group) is 1. The third-order valence-electron chi connectivity index (χ3n) is 6.32. The minimum atomic E-state index is -0.172. The van der Waals surface area contributed by atoms with Crippen LogP contribution >= 0.6 is 0 Å². The van der Waals surface area contributed by atoms with Crippen LogP contribution in [0.2, 0.25) is 0 Å². The molecule has 0 saturated carbocycles. The topological polar surface area (TPSA) is 41.3 Å². The minimum Gasteiger partial charge on any atom is -0.361 e. The second kappa shape index (κ2) is 8.04. The van der Waals surface area contributed by atoms with Crippen LogP contribution in [0, 0.1) is 0 Å². The average Bonchev–Trinajstić information content (AvgIpc) is 2.84. The van der Waals surface area contributed by atoms with E-state index in [1.165, 1.54) is 0 Å². The molecule has 0 radical (unpaired) electrons. The van der Waals surface area contributed by atoms with Crippen LogP contribution < -0.4 is 30.8 Å². The summed E-state index contributed by atoms with van der Waals surface area (Å²) in [6.07, 6.45) is 7.66. The van der Waals surface area contributed by atoms with E-state index in [0.717, 1.165) is 40.9 Å². The predicted octanol–water partition coefficient (Wildman–Crippen LogP) is 2.27. The Morgan fingerprint density at radius 3 is 2.44 bits per heavy atom. The van der Waals surface area contributed by atoms with E-state index in [4.69, 9.17) is 0 Å². The Balaban J connectivity index is 1.58.